The van der Waals surface area contributed by atoms with E-state index in [2.05, 4.69) is 26.6 Å². The van der Waals surface area contributed by atoms with E-state index < -0.39 is 126 Å². The van der Waals surface area contributed by atoms with Crippen LogP contribution in [0.2, 0.25) is 0 Å². The molecule has 92 heavy (non-hydrogen) atoms. The first-order chi connectivity index (χ1) is 44.1. The van der Waals surface area contributed by atoms with E-state index in [0.29, 0.717) is 88.7 Å². The van der Waals surface area contributed by atoms with E-state index in [-0.39, 0.29) is 83.9 Å². The number of ketones is 3. The van der Waals surface area contributed by atoms with Gasteiger partial charge in [0.15, 0.2) is 17.9 Å². The maximum absolute atomic E-state index is 14.1. The lowest BCUT2D eigenvalue weighted by molar-refractivity contribution is -0.249. The second-order valence-electron chi connectivity index (χ2n) is 23.3. The van der Waals surface area contributed by atoms with Crippen LogP contribution in [-0.2, 0) is 67.2 Å². The average molecular weight is 1270 g/mol. The summed E-state index contributed by atoms with van der Waals surface area (Å²) in [6.45, 7) is 1.16. The fraction of sp³-hybridized carbons (Fsp3) is 0.455. The number of phenols is 2. The van der Waals surface area contributed by atoms with Gasteiger partial charge in [0, 0.05) is 86.1 Å². The smallest absolute Gasteiger partial charge is 0.407 e. The van der Waals surface area contributed by atoms with Crippen molar-refractivity contribution < 1.29 is 92.4 Å². The summed E-state index contributed by atoms with van der Waals surface area (Å²) >= 11 is 0. The second kappa shape index (κ2) is 31.9. The number of ether oxygens (including phenoxy) is 4. The molecule has 0 aromatic heterocycles. The minimum Gasteiger partial charge on any atom is -0.507 e. The van der Waals surface area contributed by atoms with Gasteiger partial charge in [-0.15, -0.1) is 0 Å². The number of aliphatic hydroxyl groups excluding tert-OH is 2. The van der Waals surface area contributed by atoms with Crippen molar-refractivity contribution in [1.82, 2.24) is 26.2 Å². The number of hydrogen-bond acceptors (Lipinski definition) is 20. The molecule has 26 heteroatoms. The quantitative estimate of drug-likeness (QED) is 0.0172. The molecule has 2 aliphatic heterocycles. The van der Waals surface area contributed by atoms with Gasteiger partial charge in [0.05, 0.1) is 42.0 Å². The Bertz CT molecular complexity index is 3420. The van der Waals surface area contributed by atoms with Crippen LogP contribution in [0.25, 0.3) is 0 Å². The van der Waals surface area contributed by atoms with Crippen LogP contribution in [0, 0.1) is 0 Å². The Labute approximate surface area is 530 Å². The number of methoxy groups -OCH3 is 1. The van der Waals surface area contributed by atoms with Crippen LogP contribution in [0.15, 0.2) is 84.9 Å². The predicted octanol–water partition coefficient (Wildman–Crippen LogP) is 3.41. The molecule has 12 N–H and O–H groups in total. The van der Waals surface area contributed by atoms with Crippen molar-refractivity contribution in [3.8, 4) is 17.2 Å². The number of imide groups is 1. The third kappa shape index (κ3) is 17.0. The predicted molar refractivity (Wildman–Crippen MR) is 329 cm³/mol. The number of benzene rings is 4. The number of hydrogen-bond donors (Lipinski definition) is 11. The lowest BCUT2D eigenvalue weighted by Crippen LogP contribution is -2.56. The number of alkyl carbamates (subject to hydrolysis) is 1. The maximum atomic E-state index is 14.1. The molecule has 8 rings (SSSR count). The van der Waals surface area contributed by atoms with E-state index in [4.69, 9.17) is 24.7 Å². The van der Waals surface area contributed by atoms with E-state index in [1.807, 2.05) is 30.3 Å². The summed E-state index contributed by atoms with van der Waals surface area (Å²) in [5.41, 5.74) is 2.98. The SMILES string of the molecule is COc1cccc2c1C(=O)c1c(O)c3c(c(O)c1C2=O)CC(O)(C(=O)CO)CC3OC1CC(NC(=O)OCc2ccc(NC(=O)C(CCCCN)NC(=O)[C@H](Cc3ccccc3)NC(=O)CCCCCNC(=O)CCCCCN3C(=O)C=CC3=O)cc2)C(O)C(C)O1. The number of amides is 7. The number of nitrogens with two attached hydrogens (primary N) is 1. The van der Waals surface area contributed by atoms with Crippen molar-refractivity contribution in [2.75, 3.05) is 38.7 Å². The number of phenolic OH excluding ortho intramolecular Hbond substituents is 2. The van der Waals surface area contributed by atoms with Gasteiger partial charge in [-0.3, -0.25) is 48.1 Å². The van der Waals surface area contributed by atoms with Gasteiger partial charge in [-0.25, -0.2) is 4.79 Å². The largest absolute Gasteiger partial charge is 0.507 e. The number of rotatable bonds is 31. The highest BCUT2D eigenvalue weighted by atomic mass is 16.7. The monoisotopic (exact) mass is 1270 g/mol. The Morgan fingerprint density at radius 2 is 1.46 bits per heavy atom. The molecule has 0 saturated carbocycles. The third-order valence-corrected chi connectivity index (χ3v) is 16.8. The fourth-order valence-corrected chi connectivity index (χ4v) is 11.8. The van der Waals surface area contributed by atoms with Crippen LogP contribution < -0.4 is 37.1 Å². The van der Waals surface area contributed by atoms with Gasteiger partial charge in [-0.2, -0.15) is 0 Å². The molecular weight excluding hydrogens is 1190 g/mol. The molecule has 4 aliphatic rings. The summed E-state index contributed by atoms with van der Waals surface area (Å²) in [5, 5.41) is 70.4. The van der Waals surface area contributed by atoms with E-state index >= 15 is 0 Å². The van der Waals surface area contributed by atoms with Crippen molar-refractivity contribution in [3.05, 3.63) is 129 Å². The Morgan fingerprint density at radius 1 is 0.761 bits per heavy atom. The van der Waals surface area contributed by atoms with Crippen molar-refractivity contribution >= 4 is 64.6 Å². The molecule has 492 valence electrons. The standard InChI is InChI=1S/C66H79N7O19/c1-37-58(80)44(32-53(91-37)92-47-34-66(88,48(75)35-74)33-42-55(47)62(84)57-56(60(42)82)59(81)41-17-14-19-46(89-2)54(41)61(57)83)72-65(87)90-36-39-22-24-40(25-23-39)69-63(85)43(18-10-11-28-67)71-64(86)45(31-38-15-6-3-7-16-38)70-50(77)21-8-4-12-29-68-49(76)20-9-5-13-30-73-51(78)26-27-52(73)79/h3,6-7,14-17,19,22-27,37,43-45,47,53,58,74,80,82,84,88H,4-5,8-13,18,20-21,28-36,67H2,1-2H3,(H,68,76)(H,69,85)(H,70,77)(H,71,86)(H,72,87)/t37?,43?,44?,45-,47?,53?,58?,66?/m0/s1. The number of unbranched alkanes of at least 4 members (excludes halogenated alkanes) is 5. The molecule has 4 aromatic rings. The summed E-state index contributed by atoms with van der Waals surface area (Å²) in [5.74, 6) is -6.58. The Hall–Kier alpha value is -8.92. The first-order valence-electron chi connectivity index (χ1n) is 30.8. The van der Waals surface area contributed by atoms with Crippen LogP contribution in [0.5, 0.6) is 17.2 Å². The first kappa shape index (κ1) is 69.0. The summed E-state index contributed by atoms with van der Waals surface area (Å²) in [4.78, 5) is 133. The van der Waals surface area contributed by atoms with Gasteiger partial charge < -0.3 is 76.8 Å². The Morgan fingerprint density at radius 3 is 2.15 bits per heavy atom. The zero-order chi connectivity index (χ0) is 66.2. The summed E-state index contributed by atoms with van der Waals surface area (Å²) in [6.07, 6.45) is 0.107. The molecule has 0 radical (unpaired) electrons. The normalized spacial score (nSPS) is 20.5. The number of carbonyl (C=O) groups excluding carboxylic acids is 10. The summed E-state index contributed by atoms with van der Waals surface area (Å²) in [7, 11) is 1.29. The summed E-state index contributed by atoms with van der Waals surface area (Å²) in [6, 6.07) is 16.5. The number of nitrogens with zero attached hydrogens (tertiary/aromatic N) is 1. The van der Waals surface area contributed by atoms with E-state index in [0.717, 1.165) is 5.56 Å². The van der Waals surface area contributed by atoms with Gasteiger partial charge in [0.2, 0.25) is 29.4 Å². The van der Waals surface area contributed by atoms with Crippen molar-refractivity contribution in [3.63, 3.8) is 0 Å². The van der Waals surface area contributed by atoms with Gasteiger partial charge in [0.1, 0.15) is 54.3 Å². The number of aliphatic hydroxyl groups is 3. The zero-order valence-electron chi connectivity index (χ0n) is 51.2. The van der Waals surface area contributed by atoms with Crippen LogP contribution >= 0.6 is 0 Å². The molecule has 4 aromatic carbocycles. The van der Waals surface area contributed by atoms with Gasteiger partial charge in [-0.1, -0.05) is 67.4 Å². The molecule has 8 atom stereocenters. The molecule has 0 bridgehead atoms. The highest BCUT2D eigenvalue weighted by Crippen LogP contribution is 2.52. The number of nitrogens with one attached hydrogen (secondary N) is 5. The molecule has 2 aliphatic carbocycles. The maximum Gasteiger partial charge on any atom is 0.407 e. The van der Waals surface area contributed by atoms with Crippen LogP contribution in [0.4, 0.5) is 10.5 Å². The van der Waals surface area contributed by atoms with E-state index in [1.165, 1.54) is 49.3 Å². The molecular formula is C66H79N7O19. The van der Waals surface area contributed by atoms with Crippen molar-refractivity contribution in [1.29, 1.82) is 0 Å². The number of fused-ring (bicyclic) bond motifs is 3. The molecule has 2 heterocycles. The Kier molecular flexibility index (Phi) is 23.9. The summed E-state index contributed by atoms with van der Waals surface area (Å²) < 4.78 is 23.1. The number of Topliss-reactive ketones (excluding diaryl/α,β-unsaturated/α-hetero) is 1. The highest BCUT2D eigenvalue weighted by Gasteiger charge is 2.50. The lowest BCUT2D eigenvalue weighted by Gasteiger charge is -2.42. The van der Waals surface area contributed by atoms with Crippen molar-refractivity contribution in [2.45, 2.75) is 158 Å². The second-order valence-corrected chi connectivity index (χ2v) is 23.3. The zero-order valence-corrected chi connectivity index (χ0v) is 51.2. The van der Waals surface area contributed by atoms with Gasteiger partial charge >= 0.3 is 6.09 Å². The lowest BCUT2D eigenvalue weighted by atomic mass is 9.72. The minimum absolute atomic E-state index is 0.0243. The third-order valence-electron chi connectivity index (χ3n) is 16.8. The fourth-order valence-electron chi connectivity index (χ4n) is 11.8. The molecule has 26 nitrogen and oxygen atoms in total. The van der Waals surface area contributed by atoms with E-state index in [1.54, 1.807) is 24.3 Å². The average Bonchev–Trinajstić information content (AvgIpc) is 0.738. The molecule has 0 spiro atoms. The Balaban J connectivity index is 0.829. The number of aromatic hydroxyl groups is 2. The van der Waals surface area contributed by atoms with Crippen molar-refractivity contribution in [2.24, 2.45) is 5.73 Å². The molecule has 7 amide bonds. The van der Waals surface area contributed by atoms with E-state index in [9.17, 15) is 73.5 Å². The van der Waals surface area contributed by atoms with Crippen LogP contribution in [0.3, 0.4) is 0 Å². The number of carbonyl (C=O) groups is 10. The molecule has 1 saturated heterocycles. The molecule has 7 unspecified atom stereocenters. The highest BCUT2D eigenvalue weighted by molar-refractivity contribution is 6.31. The molecule has 1 fully saturated rings. The van der Waals surface area contributed by atoms with Gasteiger partial charge in [-0.05, 0) is 87.7 Å². The minimum atomic E-state index is -2.42. The van der Waals surface area contributed by atoms with Gasteiger partial charge in [0.25, 0.3) is 11.8 Å². The van der Waals surface area contributed by atoms with Crippen LogP contribution in [-0.4, -0.2) is 165 Å². The first-order valence-corrected chi connectivity index (χ1v) is 30.8. The number of anilines is 1. The topological polar surface area (TPSA) is 398 Å². The van der Waals surface area contributed by atoms with Crippen LogP contribution in [0.1, 0.15) is 151 Å².